The summed E-state index contributed by atoms with van der Waals surface area (Å²) >= 11 is 0. The molecule has 0 amide bonds. The van der Waals surface area contributed by atoms with Gasteiger partial charge >= 0.3 is 0 Å². The molecule has 2 aromatic heterocycles. The van der Waals surface area contributed by atoms with Gasteiger partial charge in [-0.1, -0.05) is 36.4 Å². The Morgan fingerprint density at radius 2 is 1.19 bits per heavy atom. The lowest BCUT2D eigenvalue weighted by Crippen LogP contribution is -1.94. The van der Waals surface area contributed by atoms with Crippen molar-refractivity contribution in [2.24, 2.45) is 0 Å². The predicted molar refractivity (Wildman–Crippen MR) is 99.9 cm³/mol. The van der Waals surface area contributed by atoms with Crippen LogP contribution in [0.15, 0.2) is 79.4 Å². The van der Waals surface area contributed by atoms with Crippen LogP contribution in [-0.2, 0) is 6.61 Å². The molecule has 0 spiro atoms. The molecule has 0 aliphatic carbocycles. The molecule has 5 nitrogen and oxygen atoms in total. The Morgan fingerprint density at radius 3 is 1.81 bits per heavy atom. The van der Waals surface area contributed by atoms with Crippen molar-refractivity contribution in [2.75, 3.05) is 0 Å². The van der Waals surface area contributed by atoms with Crippen molar-refractivity contribution < 1.29 is 5.11 Å². The molecule has 0 atom stereocenters. The largest absolute Gasteiger partial charge is 0.392 e. The van der Waals surface area contributed by atoms with E-state index >= 15 is 0 Å². The van der Waals surface area contributed by atoms with Crippen LogP contribution in [0.5, 0.6) is 0 Å². The van der Waals surface area contributed by atoms with E-state index in [1.54, 1.807) is 36.9 Å². The predicted octanol–water partition coefficient (Wildman–Crippen LogP) is 3.76. The molecule has 0 radical (unpaired) electrons. The van der Waals surface area contributed by atoms with Crippen LogP contribution in [0.4, 0.5) is 0 Å². The molecule has 1 N–H and O–H groups in total. The minimum atomic E-state index is -0.0150. The fourth-order valence-electron chi connectivity index (χ4n) is 2.81. The normalized spacial score (nSPS) is 10.7. The number of nitrogens with zero attached hydrogens (tertiary/aromatic N) is 4. The second-order valence-corrected chi connectivity index (χ2v) is 5.76. The molecule has 0 bridgehead atoms. The van der Waals surface area contributed by atoms with E-state index in [0.29, 0.717) is 11.6 Å². The number of benzene rings is 2. The Morgan fingerprint density at radius 1 is 0.615 bits per heavy atom. The molecule has 0 saturated heterocycles. The minimum absolute atomic E-state index is 0.0150. The minimum Gasteiger partial charge on any atom is -0.392 e. The topological polar surface area (TPSA) is 71.8 Å². The van der Waals surface area contributed by atoms with E-state index in [4.69, 9.17) is 0 Å². The summed E-state index contributed by atoms with van der Waals surface area (Å²) in [5.74, 6) is 1.34. The van der Waals surface area contributed by atoms with Crippen molar-refractivity contribution >= 4 is 0 Å². The van der Waals surface area contributed by atoms with Gasteiger partial charge in [0.15, 0.2) is 11.6 Å². The summed E-state index contributed by atoms with van der Waals surface area (Å²) in [5, 5.41) is 9.52. The SMILES string of the molecule is OCc1ccc(-c2ncccn2)c(-c2ccc(-c3ncccn3)cc2)c1. The molecule has 4 rings (SSSR count). The molecule has 0 aliphatic heterocycles. The molecule has 2 heterocycles. The fourth-order valence-corrected chi connectivity index (χ4v) is 2.81. The van der Waals surface area contributed by atoms with Gasteiger partial charge in [-0.25, -0.2) is 19.9 Å². The van der Waals surface area contributed by atoms with Gasteiger partial charge in [0.25, 0.3) is 0 Å². The van der Waals surface area contributed by atoms with Crippen molar-refractivity contribution in [3.05, 3.63) is 84.9 Å². The van der Waals surface area contributed by atoms with E-state index in [0.717, 1.165) is 27.8 Å². The first kappa shape index (κ1) is 16.1. The fraction of sp³-hybridized carbons (Fsp3) is 0.0476. The monoisotopic (exact) mass is 340 g/mol. The first-order chi connectivity index (χ1) is 12.8. The van der Waals surface area contributed by atoms with Gasteiger partial charge in [0.1, 0.15) is 0 Å². The average Bonchev–Trinajstić information content (AvgIpc) is 2.75. The highest BCUT2D eigenvalue weighted by Gasteiger charge is 2.11. The molecule has 4 aromatic rings. The van der Waals surface area contributed by atoms with Crippen molar-refractivity contribution in [1.82, 2.24) is 19.9 Å². The van der Waals surface area contributed by atoms with E-state index in [2.05, 4.69) is 19.9 Å². The van der Waals surface area contributed by atoms with Gasteiger partial charge in [0.2, 0.25) is 0 Å². The third-order valence-corrected chi connectivity index (χ3v) is 4.09. The van der Waals surface area contributed by atoms with E-state index in [-0.39, 0.29) is 6.61 Å². The number of aromatic nitrogens is 4. The summed E-state index contributed by atoms with van der Waals surface area (Å²) in [5.41, 5.74) is 4.71. The summed E-state index contributed by atoms with van der Waals surface area (Å²) in [6.07, 6.45) is 6.90. The van der Waals surface area contributed by atoms with Gasteiger partial charge in [0, 0.05) is 35.9 Å². The molecular weight excluding hydrogens is 324 g/mol. The number of hydrogen-bond donors (Lipinski definition) is 1. The maximum atomic E-state index is 9.52. The molecule has 2 aromatic carbocycles. The highest BCUT2D eigenvalue weighted by Crippen LogP contribution is 2.32. The smallest absolute Gasteiger partial charge is 0.159 e. The lowest BCUT2D eigenvalue weighted by atomic mass is 9.96. The van der Waals surface area contributed by atoms with Gasteiger partial charge in [0.05, 0.1) is 6.61 Å². The second kappa shape index (κ2) is 7.21. The van der Waals surface area contributed by atoms with E-state index in [1.807, 2.05) is 42.5 Å². The maximum absolute atomic E-state index is 9.52. The summed E-state index contributed by atoms with van der Waals surface area (Å²) in [6.45, 7) is -0.0150. The van der Waals surface area contributed by atoms with Crippen LogP contribution < -0.4 is 0 Å². The molecule has 0 aliphatic rings. The lowest BCUT2D eigenvalue weighted by Gasteiger charge is -2.11. The molecule has 126 valence electrons. The van der Waals surface area contributed by atoms with Crippen molar-refractivity contribution in [1.29, 1.82) is 0 Å². The van der Waals surface area contributed by atoms with E-state index < -0.39 is 0 Å². The van der Waals surface area contributed by atoms with Gasteiger partial charge in [-0.2, -0.15) is 0 Å². The van der Waals surface area contributed by atoms with Crippen LogP contribution in [0.25, 0.3) is 33.9 Å². The number of aliphatic hydroxyl groups excluding tert-OH is 1. The third kappa shape index (κ3) is 3.20. The average molecular weight is 340 g/mol. The first-order valence-corrected chi connectivity index (χ1v) is 8.24. The molecule has 0 saturated carbocycles. The van der Waals surface area contributed by atoms with Crippen LogP contribution in [0.3, 0.4) is 0 Å². The van der Waals surface area contributed by atoms with E-state index in [9.17, 15) is 5.11 Å². The second-order valence-electron chi connectivity index (χ2n) is 5.76. The molecular formula is C21H16N4O. The van der Waals surface area contributed by atoms with Gasteiger partial charge in [-0.15, -0.1) is 0 Å². The standard InChI is InChI=1S/C21H16N4O/c26-14-15-3-8-18(21-24-11-2-12-25-21)19(13-15)16-4-6-17(7-5-16)20-22-9-1-10-23-20/h1-13,26H,14H2. The first-order valence-electron chi connectivity index (χ1n) is 8.24. The van der Waals surface area contributed by atoms with Crippen LogP contribution in [0.2, 0.25) is 0 Å². The highest BCUT2D eigenvalue weighted by atomic mass is 16.3. The van der Waals surface area contributed by atoms with Gasteiger partial charge in [-0.05, 0) is 34.9 Å². The Labute approximate surface area is 151 Å². The lowest BCUT2D eigenvalue weighted by molar-refractivity contribution is 0.282. The summed E-state index contributed by atoms with van der Waals surface area (Å²) in [7, 11) is 0. The highest BCUT2D eigenvalue weighted by molar-refractivity contribution is 5.81. The summed E-state index contributed by atoms with van der Waals surface area (Å²) in [4.78, 5) is 17.3. The zero-order valence-corrected chi connectivity index (χ0v) is 13.9. The zero-order chi connectivity index (χ0) is 17.8. The quantitative estimate of drug-likeness (QED) is 0.612. The Kier molecular flexibility index (Phi) is 4.45. The number of aliphatic hydroxyl groups is 1. The van der Waals surface area contributed by atoms with Crippen molar-refractivity contribution in [2.45, 2.75) is 6.61 Å². The number of rotatable bonds is 4. The van der Waals surface area contributed by atoms with Crippen molar-refractivity contribution in [3.8, 4) is 33.9 Å². The van der Waals surface area contributed by atoms with Crippen LogP contribution in [0.1, 0.15) is 5.56 Å². The summed E-state index contributed by atoms with van der Waals surface area (Å²) in [6, 6.07) is 17.4. The Bertz CT molecular complexity index is 1000. The van der Waals surface area contributed by atoms with Crippen LogP contribution >= 0.6 is 0 Å². The summed E-state index contributed by atoms with van der Waals surface area (Å²) < 4.78 is 0. The molecule has 0 unspecified atom stereocenters. The van der Waals surface area contributed by atoms with Crippen LogP contribution in [-0.4, -0.2) is 25.0 Å². The van der Waals surface area contributed by atoms with Gasteiger partial charge < -0.3 is 5.11 Å². The number of hydrogen-bond acceptors (Lipinski definition) is 5. The molecule has 5 heteroatoms. The maximum Gasteiger partial charge on any atom is 0.159 e. The Hall–Kier alpha value is -3.44. The zero-order valence-electron chi connectivity index (χ0n) is 13.9. The molecule has 26 heavy (non-hydrogen) atoms. The van der Waals surface area contributed by atoms with Gasteiger partial charge in [-0.3, -0.25) is 0 Å². The molecule has 0 fully saturated rings. The third-order valence-electron chi connectivity index (χ3n) is 4.09. The van der Waals surface area contributed by atoms with E-state index in [1.165, 1.54) is 0 Å². The Balaban J connectivity index is 1.79. The van der Waals surface area contributed by atoms with Crippen molar-refractivity contribution in [3.63, 3.8) is 0 Å². The van der Waals surface area contributed by atoms with Crippen LogP contribution in [0, 0.1) is 0 Å².